The van der Waals surface area contributed by atoms with Crippen molar-refractivity contribution in [2.24, 2.45) is 0 Å². The molecule has 2 rings (SSSR count). The van der Waals surface area contributed by atoms with Gasteiger partial charge in [-0.2, -0.15) is 0 Å². The van der Waals surface area contributed by atoms with E-state index in [0.29, 0.717) is 0 Å². The number of nitrogens with zero attached hydrogens (tertiary/aromatic N) is 1. The molecule has 17 heavy (non-hydrogen) atoms. The molecule has 0 aliphatic carbocycles. The molecule has 1 aliphatic rings. The van der Waals surface area contributed by atoms with E-state index in [4.69, 9.17) is 0 Å². The van der Waals surface area contributed by atoms with Gasteiger partial charge < -0.3 is 10.2 Å². The van der Waals surface area contributed by atoms with Gasteiger partial charge in [0.15, 0.2) is 0 Å². The molecule has 1 aromatic rings. The fraction of sp³-hybridized carbons (Fsp3) is 0.500. The molecule has 0 spiro atoms. The second kappa shape index (κ2) is 4.49. The zero-order valence-electron chi connectivity index (χ0n) is 11.0. The van der Waals surface area contributed by atoms with Gasteiger partial charge in [0.1, 0.15) is 6.04 Å². The number of rotatable bonds is 3. The minimum absolute atomic E-state index is 0.169. The van der Waals surface area contributed by atoms with E-state index in [0.717, 1.165) is 24.2 Å². The van der Waals surface area contributed by atoms with Crippen molar-refractivity contribution >= 4 is 11.6 Å². The first-order valence-electron chi connectivity index (χ1n) is 6.20. The molecule has 1 aliphatic heterocycles. The van der Waals surface area contributed by atoms with Gasteiger partial charge in [-0.05, 0) is 44.5 Å². The molecule has 0 fully saturated rings. The summed E-state index contributed by atoms with van der Waals surface area (Å²) in [5, 5.41) is 3.13. The van der Waals surface area contributed by atoms with E-state index in [1.165, 1.54) is 11.1 Å². The predicted molar refractivity (Wildman–Crippen MR) is 70.4 cm³/mol. The van der Waals surface area contributed by atoms with Crippen LogP contribution >= 0.6 is 0 Å². The van der Waals surface area contributed by atoms with Gasteiger partial charge in [-0.15, -0.1) is 0 Å². The molecule has 1 atom stereocenters. The third kappa shape index (κ3) is 1.84. The van der Waals surface area contributed by atoms with Crippen LogP contribution in [0, 0.1) is 13.8 Å². The monoisotopic (exact) mass is 232 g/mol. The molecule has 1 heterocycles. The Morgan fingerprint density at radius 2 is 2.06 bits per heavy atom. The SMILES string of the molecule is CCCN1C(=O)C(NC)c2c(C)cc(C)cc21. The third-order valence-electron chi connectivity index (χ3n) is 3.34. The summed E-state index contributed by atoms with van der Waals surface area (Å²) in [5.74, 6) is 0.179. The number of likely N-dealkylation sites (N-methyl/N-ethyl adjacent to an activating group) is 1. The summed E-state index contributed by atoms with van der Waals surface area (Å²) >= 11 is 0. The zero-order valence-corrected chi connectivity index (χ0v) is 11.0. The smallest absolute Gasteiger partial charge is 0.248 e. The average Bonchev–Trinajstić information content (AvgIpc) is 2.53. The fourth-order valence-corrected chi connectivity index (χ4v) is 2.68. The van der Waals surface area contributed by atoms with E-state index in [1.807, 2.05) is 11.9 Å². The number of fused-ring (bicyclic) bond motifs is 1. The number of hydrogen-bond acceptors (Lipinski definition) is 2. The number of anilines is 1. The Hall–Kier alpha value is -1.35. The maximum absolute atomic E-state index is 12.3. The lowest BCUT2D eigenvalue weighted by Gasteiger charge is -2.17. The first kappa shape index (κ1) is 12.1. The van der Waals surface area contributed by atoms with E-state index in [9.17, 15) is 4.79 Å². The molecule has 1 amide bonds. The quantitative estimate of drug-likeness (QED) is 0.867. The summed E-state index contributed by atoms with van der Waals surface area (Å²) < 4.78 is 0. The summed E-state index contributed by atoms with van der Waals surface area (Å²) in [4.78, 5) is 14.2. The maximum atomic E-state index is 12.3. The molecular formula is C14H20N2O. The highest BCUT2D eigenvalue weighted by Gasteiger charge is 2.36. The summed E-state index contributed by atoms with van der Waals surface area (Å²) in [6.45, 7) is 7.06. The van der Waals surface area contributed by atoms with Crippen LogP contribution in [-0.4, -0.2) is 19.5 Å². The van der Waals surface area contributed by atoms with Crippen molar-refractivity contribution in [1.29, 1.82) is 0 Å². The minimum Gasteiger partial charge on any atom is -0.310 e. The Kier molecular flexibility index (Phi) is 3.20. The Morgan fingerprint density at radius 1 is 1.35 bits per heavy atom. The molecule has 92 valence electrons. The van der Waals surface area contributed by atoms with Gasteiger partial charge in [-0.25, -0.2) is 0 Å². The number of aryl methyl sites for hydroxylation is 2. The van der Waals surface area contributed by atoms with Crippen molar-refractivity contribution in [1.82, 2.24) is 5.32 Å². The van der Waals surface area contributed by atoms with Crippen molar-refractivity contribution in [3.8, 4) is 0 Å². The van der Waals surface area contributed by atoms with Crippen LogP contribution in [-0.2, 0) is 4.79 Å². The van der Waals surface area contributed by atoms with Crippen molar-refractivity contribution in [2.45, 2.75) is 33.2 Å². The molecular weight excluding hydrogens is 212 g/mol. The predicted octanol–water partition coefficient (Wildman–Crippen LogP) is 2.32. The highest BCUT2D eigenvalue weighted by Crippen LogP contribution is 2.38. The number of benzene rings is 1. The average molecular weight is 232 g/mol. The number of carbonyl (C=O) groups is 1. The van der Waals surface area contributed by atoms with Crippen molar-refractivity contribution < 1.29 is 4.79 Å². The molecule has 1 unspecified atom stereocenters. The lowest BCUT2D eigenvalue weighted by molar-refractivity contribution is -0.119. The van der Waals surface area contributed by atoms with Gasteiger partial charge in [-0.1, -0.05) is 13.0 Å². The number of nitrogens with one attached hydrogen (secondary N) is 1. The third-order valence-corrected chi connectivity index (χ3v) is 3.34. The molecule has 0 bridgehead atoms. The van der Waals surface area contributed by atoms with Crippen LogP contribution in [0.2, 0.25) is 0 Å². The second-order valence-electron chi connectivity index (χ2n) is 4.73. The highest BCUT2D eigenvalue weighted by atomic mass is 16.2. The van der Waals surface area contributed by atoms with Crippen LogP contribution in [0.1, 0.15) is 36.1 Å². The van der Waals surface area contributed by atoms with E-state index in [2.05, 4.69) is 38.2 Å². The zero-order chi connectivity index (χ0) is 12.6. The fourth-order valence-electron chi connectivity index (χ4n) is 2.68. The molecule has 1 N–H and O–H groups in total. The van der Waals surface area contributed by atoms with Crippen molar-refractivity contribution in [3.05, 3.63) is 28.8 Å². The van der Waals surface area contributed by atoms with Crippen LogP contribution < -0.4 is 10.2 Å². The number of hydrogen-bond donors (Lipinski definition) is 1. The normalized spacial score (nSPS) is 18.7. The van der Waals surface area contributed by atoms with E-state index in [1.54, 1.807) is 0 Å². The van der Waals surface area contributed by atoms with E-state index >= 15 is 0 Å². The van der Waals surface area contributed by atoms with Gasteiger partial charge in [0.2, 0.25) is 5.91 Å². The first-order chi connectivity index (χ1) is 8.10. The molecule has 0 saturated carbocycles. The first-order valence-corrected chi connectivity index (χ1v) is 6.20. The van der Waals surface area contributed by atoms with Gasteiger partial charge >= 0.3 is 0 Å². The molecule has 0 radical (unpaired) electrons. The molecule has 3 nitrogen and oxygen atoms in total. The Labute approximate surface area is 103 Å². The highest BCUT2D eigenvalue weighted by molar-refractivity contribution is 6.05. The van der Waals surface area contributed by atoms with Gasteiger partial charge in [0.25, 0.3) is 0 Å². The Morgan fingerprint density at radius 3 is 2.65 bits per heavy atom. The molecule has 0 saturated heterocycles. The Balaban J connectivity index is 2.56. The van der Waals surface area contributed by atoms with Crippen LogP contribution in [0.25, 0.3) is 0 Å². The van der Waals surface area contributed by atoms with Crippen molar-refractivity contribution in [2.75, 3.05) is 18.5 Å². The lowest BCUT2D eigenvalue weighted by Crippen LogP contribution is -2.33. The van der Waals surface area contributed by atoms with E-state index < -0.39 is 0 Å². The van der Waals surface area contributed by atoms with E-state index in [-0.39, 0.29) is 11.9 Å². The van der Waals surface area contributed by atoms with Gasteiger partial charge in [0, 0.05) is 17.8 Å². The van der Waals surface area contributed by atoms with Gasteiger partial charge in [-0.3, -0.25) is 4.79 Å². The molecule has 3 heteroatoms. The summed E-state index contributed by atoms with van der Waals surface area (Å²) in [5.41, 5.74) is 4.66. The van der Waals surface area contributed by atoms with Crippen LogP contribution in [0.3, 0.4) is 0 Å². The Bertz CT molecular complexity index is 454. The number of carbonyl (C=O) groups excluding carboxylic acids is 1. The van der Waals surface area contributed by atoms with Crippen LogP contribution in [0.4, 0.5) is 5.69 Å². The second-order valence-corrected chi connectivity index (χ2v) is 4.73. The minimum atomic E-state index is -0.169. The summed E-state index contributed by atoms with van der Waals surface area (Å²) in [6, 6.07) is 4.09. The van der Waals surface area contributed by atoms with Crippen LogP contribution in [0.15, 0.2) is 12.1 Å². The maximum Gasteiger partial charge on any atom is 0.248 e. The topological polar surface area (TPSA) is 32.3 Å². The van der Waals surface area contributed by atoms with Gasteiger partial charge in [0.05, 0.1) is 0 Å². The standard InChI is InChI=1S/C14H20N2O/c1-5-6-16-11-8-9(2)7-10(3)12(11)13(15-4)14(16)17/h7-8,13,15H,5-6H2,1-4H3. The summed E-state index contributed by atoms with van der Waals surface area (Å²) in [6.07, 6.45) is 0.981. The molecule has 1 aromatic carbocycles. The largest absolute Gasteiger partial charge is 0.310 e. The lowest BCUT2D eigenvalue weighted by atomic mass is 10.00. The number of amides is 1. The summed E-state index contributed by atoms with van der Waals surface area (Å²) in [7, 11) is 1.85. The van der Waals surface area contributed by atoms with Crippen molar-refractivity contribution in [3.63, 3.8) is 0 Å². The van der Waals surface area contributed by atoms with Crippen LogP contribution in [0.5, 0.6) is 0 Å². The molecule has 0 aromatic heterocycles.